The number of halogens is 1. The molecule has 0 saturated heterocycles. The zero-order chi connectivity index (χ0) is 18.2. The Labute approximate surface area is 155 Å². The molecule has 1 aromatic rings. The predicted molar refractivity (Wildman–Crippen MR) is 104 cm³/mol. The van der Waals surface area contributed by atoms with E-state index in [1.165, 1.54) is 0 Å². The third-order valence-corrected chi connectivity index (χ3v) is 5.45. The summed E-state index contributed by atoms with van der Waals surface area (Å²) in [4.78, 5) is 19.5. The average molecular weight is 375 g/mol. The summed E-state index contributed by atoms with van der Waals surface area (Å²) < 4.78 is 6.11. The number of fused-ring (bicyclic) bond motifs is 1. The number of aliphatic imine (C=N–C) groups is 1. The fourth-order valence-corrected chi connectivity index (χ4v) is 4.15. The third kappa shape index (κ3) is 3.94. The lowest BCUT2D eigenvalue weighted by molar-refractivity contribution is -0.138. The monoisotopic (exact) mass is 374 g/mol. The SMILES string of the molecule is CN1C(=O)C(O[Si](C)(C)C)N=C(c2ccccc2)C2C=C(Cl)C=CC21. The number of hydrogen-bond acceptors (Lipinski definition) is 3. The molecule has 2 aliphatic rings. The Hall–Kier alpha value is -1.69. The van der Waals surface area contributed by atoms with E-state index in [0.717, 1.165) is 11.3 Å². The van der Waals surface area contributed by atoms with Crippen LogP contribution in [0.3, 0.4) is 0 Å². The second-order valence-corrected chi connectivity index (χ2v) is 12.2. The first-order valence-electron chi connectivity index (χ1n) is 8.39. The molecule has 0 saturated carbocycles. The van der Waals surface area contributed by atoms with Crippen LogP contribution in [-0.4, -0.2) is 44.2 Å². The van der Waals surface area contributed by atoms with Gasteiger partial charge in [-0.3, -0.25) is 4.79 Å². The highest BCUT2D eigenvalue weighted by molar-refractivity contribution is 6.69. The van der Waals surface area contributed by atoms with Crippen LogP contribution in [0.2, 0.25) is 19.6 Å². The van der Waals surface area contributed by atoms with Gasteiger partial charge in [-0.15, -0.1) is 0 Å². The van der Waals surface area contributed by atoms with Crippen LogP contribution in [0.4, 0.5) is 0 Å². The van der Waals surface area contributed by atoms with Crippen LogP contribution in [-0.2, 0) is 9.22 Å². The van der Waals surface area contributed by atoms with Crippen LogP contribution in [0.15, 0.2) is 58.6 Å². The van der Waals surface area contributed by atoms with Crippen molar-refractivity contribution in [1.82, 2.24) is 4.90 Å². The van der Waals surface area contributed by atoms with Gasteiger partial charge < -0.3 is 9.33 Å². The molecule has 25 heavy (non-hydrogen) atoms. The molecule has 1 aliphatic carbocycles. The molecular formula is C19H23ClN2O2Si. The number of likely N-dealkylation sites (N-methyl/N-ethyl adjacent to an activating group) is 1. The van der Waals surface area contributed by atoms with E-state index in [1.54, 1.807) is 11.9 Å². The lowest BCUT2D eigenvalue weighted by Gasteiger charge is -2.32. The Morgan fingerprint density at radius 2 is 1.88 bits per heavy atom. The molecule has 0 spiro atoms. The maximum atomic E-state index is 13.0. The molecule has 0 bridgehead atoms. The number of benzene rings is 1. The topological polar surface area (TPSA) is 41.9 Å². The van der Waals surface area contributed by atoms with E-state index in [0.29, 0.717) is 5.03 Å². The molecule has 3 unspecified atom stereocenters. The maximum Gasteiger partial charge on any atom is 0.273 e. The van der Waals surface area contributed by atoms with Crippen molar-refractivity contribution in [1.29, 1.82) is 0 Å². The highest BCUT2D eigenvalue weighted by Crippen LogP contribution is 2.31. The second kappa shape index (κ2) is 6.90. The molecule has 0 radical (unpaired) electrons. The van der Waals surface area contributed by atoms with E-state index in [4.69, 9.17) is 21.0 Å². The van der Waals surface area contributed by atoms with E-state index >= 15 is 0 Å². The van der Waals surface area contributed by atoms with Crippen molar-refractivity contribution in [3.63, 3.8) is 0 Å². The molecule has 6 heteroatoms. The first-order chi connectivity index (χ1) is 11.8. The van der Waals surface area contributed by atoms with Gasteiger partial charge in [0.25, 0.3) is 5.91 Å². The standard InChI is InChI=1S/C19H23ClN2O2Si/c1-22-16-11-10-14(20)12-15(16)17(13-8-6-5-7-9-13)21-18(19(22)23)24-25(2,3)4/h5-12,15-16,18H,1-4H3. The molecule has 3 rings (SSSR count). The fourth-order valence-electron chi connectivity index (χ4n) is 3.12. The average Bonchev–Trinajstić information content (AvgIpc) is 2.65. The molecule has 1 aliphatic heterocycles. The van der Waals surface area contributed by atoms with Gasteiger partial charge in [0.2, 0.25) is 6.23 Å². The predicted octanol–water partition coefficient (Wildman–Crippen LogP) is 3.80. The molecule has 1 amide bonds. The van der Waals surface area contributed by atoms with E-state index in [-0.39, 0.29) is 17.9 Å². The fraction of sp³-hybridized carbons (Fsp3) is 0.368. The number of carbonyl (C=O) groups is 1. The van der Waals surface area contributed by atoms with Gasteiger partial charge in [0.05, 0.1) is 11.8 Å². The summed E-state index contributed by atoms with van der Waals surface area (Å²) in [5, 5.41) is 0.662. The summed E-state index contributed by atoms with van der Waals surface area (Å²) in [6.07, 6.45) is 4.98. The maximum absolute atomic E-state index is 13.0. The van der Waals surface area contributed by atoms with Crippen molar-refractivity contribution >= 4 is 31.5 Å². The lowest BCUT2D eigenvalue weighted by atomic mass is 9.86. The first-order valence-corrected chi connectivity index (χ1v) is 12.2. The van der Waals surface area contributed by atoms with Crippen LogP contribution in [0, 0.1) is 5.92 Å². The highest BCUT2D eigenvalue weighted by Gasteiger charge is 2.39. The minimum absolute atomic E-state index is 0.0934. The molecule has 0 N–H and O–H groups in total. The summed E-state index contributed by atoms with van der Waals surface area (Å²) >= 11 is 6.26. The third-order valence-electron chi connectivity index (χ3n) is 4.27. The van der Waals surface area contributed by atoms with Crippen molar-refractivity contribution in [3.8, 4) is 0 Å². The molecule has 1 heterocycles. The summed E-state index contributed by atoms with van der Waals surface area (Å²) in [6.45, 7) is 6.19. The van der Waals surface area contributed by atoms with Gasteiger partial charge >= 0.3 is 0 Å². The minimum Gasteiger partial charge on any atom is -0.389 e. The number of allylic oxidation sites excluding steroid dienone is 2. The van der Waals surface area contributed by atoms with Crippen LogP contribution in [0.1, 0.15) is 5.56 Å². The van der Waals surface area contributed by atoms with Gasteiger partial charge in [-0.05, 0) is 31.3 Å². The van der Waals surface area contributed by atoms with Crippen molar-refractivity contribution in [3.05, 3.63) is 59.2 Å². The molecular weight excluding hydrogens is 352 g/mol. The van der Waals surface area contributed by atoms with Crippen LogP contribution >= 0.6 is 11.6 Å². The van der Waals surface area contributed by atoms with Crippen LogP contribution in [0.5, 0.6) is 0 Å². The van der Waals surface area contributed by atoms with E-state index < -0.39 is 14.5 Å². The molecule has 3 atom stereocenters. The van der Waals surface area contributed by atoms with E-state index in [2.05, 4.69) is 19.6 Å². The van der Waals surface area contributed by atoms with Crippen molar-refractivity contribution < 1.29 is 9.22 Å². The number of rotatable bonds is 3. The molecule has 1 aromatic carbocycles. The summed E-state index contributed by atoms with van der Waals surface area (Å²) in [6, 6.07) is 9.82. The van der Waals surface area contributed by atoms with Crippen molar-refractivity contribution in [2.45, 2.75) is 31.9 Å². The second-order valence-electron chi connectivity index (χ2n) is 7.34. The molecule has 132 valence electrons. The zero-order valence-electron chi connectivity index (χ0n) is 14.9. The lowest BCUT2D eigenvalue weighted by Crippen LogP contribution is -2.46. The molecule has 0 fully saturated rings. The Morgan fingerprint density at radius 1 is 1.20 bits per heavy atom. The van der Waals surface area contributed by atoms with Crippen LogP contribution in [0.25, 0.3) is 0 Å². The van der Waals surface area contributed by atoms with Gasteiger partial charge in [-0.1, -0.05) is 54.1 Å². The number of nitrogens with zero attached hydrogens (tertiary/aromatic N) is 2. The Bertz CT molecular complexity index is 752. The van der Waals surface area contributed by atoms with Gasteiger partial charge in [-0.25, -0.2) is 4.99 Å². The van der Waals surface area contributed by atoms with Gasteiger partial charge in [0.1, 0.15) is 0 Å². The molecule has 4 nitrogen and oxygen atoms in total. The summed E-state index contributed by atoms with van der Waals surface area (Å²) in [5.41, 5.74) is 1.83. The highest BCUT2D eigenvalue weighted by atomic mass is 35.5. The van der Waals surface area contributed by atoms with Gasteiger partial charge in [0.15, 0.2) is 8.32 Å². The largest absolute Gasteiger partial charge is 0.389 e. The van der Waals surface area contributed by atoms with Crippen LogP contribution < -0.4 is 0 Å². The quantitative estimate of drug-likeness (QED) is 0.755. The van der Waals surface area contributed by atoms with E-state index in [1.807, 2.05) is 48.6 Å². The van der Waals surface area contributed by atoms with Gasteiger partial charge in [-0.2, -0.15) is 0 Å². The smallest absolute Gasteiger partial charge is 0.273 e. The Balaban J connectivity index is 2.12. The van der Waals surface area contributed by atoms with Crippen molar-refractivity contribution in [2.75, 3.05) is 7.05 Å². The summed E-state index contributed by atoms with van der Waals surface area (Å²) in [7, 11) is -0.138. The first kappa shape index (κ1) is 18.1. The zero-order valence-corrected chi connectivity index (χ0v) is 16.7. The van der Waals surface area contributed by atoms with E-state index in [9.17, 15) is 4.79 Å². The minimum atomic E-state index is -1.95. The van der Waals surface area contributed by atoms with Crippen molar-refractivity contribution in [2.24, 2.45) is 10.9 Å². The Morgan fingerprint density at radius 3 is 2.52 bits per heavy atom. The molecule has 0 aromatic heterocycles. The normalized spacial score (nSPS) is 26.7. The number of carbonyl (C=O) groups excluding carboxylic acids is 1. The van der Waals surface area contributed by atoms with Gasteiger partial charge in [0, 0.05) is 18.0 Å². The number of amides is 1. The summed E-state index contributed by atoms with van der Waals surface area (Å²) in [5.74, 6) is -0.205. The number of hydrogen-bond donors (Lipinski definition) is 0. The Kier molecular flexibility index (Phi) is 5.00.